The topological polar surface area (TPSA) is 80.0 Å². The van der Waals surface area contributed by atoms with Gasteiger partial charge in [0.05, 0.1) is 24.1 Å². The van der Waals surface area contributed by atoms with Crippen LogP contribution in [0.2, 0.25) is 0 Å². The van der Waals surface area contributed by atoms with E-state index in [1.807, 2.05) is 30.3 Å². The van der Waals surface area contributed by atoms with E-state index >= 15 is 0 Å². The van der Waals surface area contributed by atoms with Crippen LogP contribution in [0.4, 0.5) is 0 Å². The summed E-state index contributed by atoms with van der Waals surface area (Å²) in [5, 5.41) is 19.1. The maximum absolute atomic E-state index is 10.3. The highest BCUT2D eigenvalue weighted by atomic mass is 16.4. The van der Waals surface area contributed by atoms with Crippen molar-refractivity contribution in [3.8, 4) is 5.69 Å². The molecule has 6 nitrogen and oxygen atoms in total. The van der Waals surface area contributed by atoms with E-state index in [0.717, 1.165) is 5.69 Å². The van der Waals surface area contributed by atoms with Crippen LogP contribution in [0, 0.1) is 0 Å². The van der Waals surface area contributed by atoms with Crippen LogP contribution in [0.3, 0.4) is 0 Å². The summed E-state index contributed by atoms with van der Waals surface area (Å²) >= 11 is 0. The Hall–Kier alpha value is -2.21. The number of aliphatic carboxylic acids is 1. The van der Waals surface area contributed by atoms with Crippen molar-refractivity contribution >= 4 is 5.97 Å². The average Bonchev–Trinajstić information content (AvgIpc) is 2.78. The molecule has 0 fully saturated rings. The normalized spacial score (nSPS) is 10.4. The second kappa shape index (κ2) is 5.22. The lowest BCUT2D eigenvalue weighted by atomic mass is 10.3. The van der Waals surface area contributed by atoms with E-state index in [2.05, 4.69) is 15.6 Å². The highest BCUT2D eigenvalue weighted by Crippen LogP contribution is 2.05. The fourth-order valence-electron chi connectivity index (χ4n) is 1.38. The number of carboxylic acids is 1. The van der Waals surface area contributed by atoms with Crippen molar-refractivity contribution in [2.75, 3.05) is 6.54 Å². The minimum absolute atomic E-state index is 0.0851. The van der Waals surface area contributed by atoms with Crippen molar-refractivity contribution in [3.05, 3.63) is 42.2 Å². The molecule has 0 aliphatic heterocycles. The Morgan fingerprint density at radius 2 is 2.12 bits per heavy atom. The largest absolute Gasteiger partial charge is 0.480 e. The molecule has 1 heterocycles. The minimum atomic E-state index is -0.888. The number of carboxylic acid groups (broad SMARTS) is 1. The molecular formula is C11H12N4O2. The van der Waals surface area contributed by atoms with Gasteiger partial charge in [0.2, 0.25) is 0 Å². The molecule has 2 N–H and O–H groups in total. The SMILES string of the molecule is O=C(O)CNCc1cn(-c2ccccc2)nn1. The third-order valence-electron chi connectivity index (χ3n) is 2.14. The molecule has 0 aliphatic rings. The zero-order chi connectivity index (χ0) is 12.1. The lowest BCUT2D eigenvalue weighted by molar-refractivity contribution is -0.135. The molecule has 0 saturated carbocycles. The van der Waals surface area contributed by atoms with Crippen molar-refractivity contribution in [3.63, 3.8) is 0 Å². The monoisotopic (exact) mass is 232 g/mol. The number of carbonyl (C=O) groups is 1. The zero-order valence-corrected chi connectivity index (χ0v) is 9.08. The molecule has 0 amide bonds. The first-order valence-corrected chi connectivity index (χ1v) is 5.15. The summed E-state index contributed by atoms with van der Waals surface area (Å²) in [7, 11) is 0. The Kier molecular flexibility index (Phi) is 3.46. The molecule has 1 aromatic heterocycles. The summed E-state index contributed by atoms with van der Waals surface area (Å²) in [6.07, 6.45) is 1.77. The number of hydrogen-bond acceptors (Lipinski definition) is 4. The first kappa shape index (κ1) is 11.3. The Morgan fingerprint density at radius 3 is 2.82 bits per heavy atom. The van der Waals surface area contributed by atoms with Crippen molar-refractivity contribution in [1.82, 2.24) is 20.3 Å². The van der Waals surface area contributed by atoms with Crippen LogP contribution in [0.15, 0.2) is 36.5 Å². The number of rotatable bonds is 5. The van der Waals surface area contributed by atoms with Crippen LogP contribution in [0.1, 0.15) is 5.69 Å². The van der Waals surface area contributed by atoms with Crippen LogP contribution >= 0.6 is 0 Å². The van der Waals surface area contributed by atoms with Crippen LogP contribution in [0.5, 0.6) is 0 Å². The van der Waals surface area contributed by atoms with Crippen molar-refractivity contribution in [2.45, 2.75) is 6.54 Å². The number of benzene rings is 1. The molecule has 6 heteroatoms. The summed E-state index contributed by atoms with van der Waals surface area (Å²) in [5.74, 6) is -0.888. The van der Waals surface area contributed by atoms with Crippen LogP contribution < -0.4 is 5.32 Å². The van der Waals surface area contributed by atoms with Gasteiger partial charge in [0, 0.05) is 6.54 Å². The van der Waals surface area contributed by atoms with Gasteiger partial charge in [0.1, 0.15) is 0 Å². The van der Waals surface area contributed by atoms with Gasteiger partial charge in [-0.1, -0.05) is 23.4 Å². The number of hydrogen-bond donors (Lipinski definition) is 2. The van der Waals surface area contributed by atoms with Gasteiger partial charge in [-0.15, -0.1) is 5.10 Å². The molecule has 0 spiro atoms. The van der Waals surface area contributed by atoms with Gasteiger partial charge in [0.15, 0.2) is 0 Å². The fourth-order valence-corrected chi connectivity index (χ4v) is 1.38. The minimum Gasteiger partial charge on any atom is -0.480 e. The molecule has 0 atom stereocenters. The highest BCUT2D eigenvalue weighted by Gasteiger charge is 2.02. The summed E-state index contributed by atoms with van der Waals surface area (Å²) in [5.41, 5.74) is 1.62. The van der Waals surface area contributed by atoms with E-state index in [1.165, 1.54) is 0 Å². The van der Waals surface area contributed by atoms with Crippen LogP contribution in [-0.4, -0.2) is 32.6 Å². The first-order valence-electron chi connectivity index (χ1n) is 5.15. The van der Waals surface area contributed by atoms with E-state index in [1.54, 1.807) is 10.9 Å². The molecular weight excluding hydrogens is 220 g/mol. The van der Waals surface area contributed by atoms with Gasteiger partial charge in [-0.2, -0.15) is 0 Å². The van der Waals surface area contributed by atoms with Gasteiger partial charge in [-0.3, -0.25) is 4.79 Å². The van der Waals surface area contributed by atoms with E-state index < -0.39 is 5.97 Å². The zero-order valence-electron chi connectivity index (χ0n) is 9.08. The van der Waals surface area contributed by atoms with Crippen molar-refractivity contribution in [2.24, 2.45) is 0 Å². The lowest BCUT2D eigenvalue weighted by Crippen LogP contribution is -2.21. The Bertz CT molecular complexity index is 495. The Labute approximate surface area is 97.9 Å². The average molecular weight is 232 g/mol. The predicted octanol–water partition coefficient (Wildman–Crippen LogP) is 0.441. The fraction of sp³-hybridized carbons (Fsp3) is 0.182. The summed E-state index contributed by atoms with van der Waals surface area (Å²) < 4.78 is 1.65. The van der Waals surface area contributed by atoms with Crippen molar-refractivity contribution < 1.29 is 9.90 Å². The van der Waals surface area contributed by atoms with Gasteiger partial charge in [-0.05, 0) is 12.1 Å². The number of para-hydroxylation sites is 1. The Balaban J connectivity index is 1.99. The number of nitrogens with zero attached hydrogens (tertiary/aromatic N) is 3. The molecule has 0 aliphatic carbocycles. The van der Waals surface area contributed by atoms with E-state index in [0.29, 0.717) is 12.2 Å². The van der Waals surface area contributed by atoms with Gasteiger partial charge < -0.3 is 10.4 Å². The molecule has 17 heavy (non-hydrogen) atoms. The smallest absolute Gasteiger partial charge is 0.317 e. The highest BCUT2D eigenvalue weighted by molar-refractivity contribution is 5.68. The van der Waals surface area contributed by atoms with Crippen LogP contribution in [-0.2, 0) is 11.3 Å². The third-order valence-corrected chi connectivity index (χ3v) is 2.14. The first-order chi connectivity index (χ1) is 8.25. The standard InChI is InChI=1S/C11H12N4O2/c16-11(17)7-12-6-9-8-15(14-13-9)10-4-2-1-3-5-10/h1-5,8,12H,6-7H2,(H,16,17). The van der Waals surface area contributed by atoms with Crippen molar-refractivity contribution in [1.29, 1.82) is 0 Å². The molecule has 88 valence electrons. The molecule has 0 radical (unpaired) electrons. The number of nitrogens with one attached hydrogen (secondary N) is 1. The second-order valence-electron chi connectivity index (χ2n) is 3.49. The molecule has 0 saturated heterocycles. The maximum Gasteiger partial charge on any atom is 0.317 e. The van der Waals surface area contributed by atoms with E-state index in [4.69, 9.17) is 5.11 Å². The molecule has 2 aromatic rings. The Morgan fingerprint density at radius 1 is 1.35 bits per heavy atom. The quantitative estimate of drug-likeness (QED) is 0.782. The van der Waals surface area contributed by atoms with Gasteiger partial charge in [-0.25, -0.2) is 4.68 Å². The summed E-state index contributed by atoms with van der Waals surface area (Å²) in [6, 6.07) is 9.60. The van der Waals surface area contributed by atoms with E-state index in [9.17, 15) is 4.79 Å². The number of aromatic nitrogens is 3. The van der Waals surface area contributed by atoms with E-state index in [-0.39, 0.29) is 6.54 Å². The second-order valence-corrected chi connectivity index (χ2v) is 3.49. The molecule has 0 unspecified atom stereocenters. The molecule has 2 rings (SSSR count). The summed E-state index contributed by atoms with van der Waals surface area (Å²) in [6.45, 7) is 0.303. The summed E-state index contributed by atoms with van der Waals surface area (Å²) in [4.78, 5) is 10.3. The molecule has 0 bridgehead atoms. The lowest BCUT2D eigenvalue weighted by Gasteiger charge is -1.98. The van der Waals surface area contributed by atoms with Crippen LogP contribution in [0.25, 0.3) is 5.69 Å². The van der Waals surface area contributed by atoms with Gasteiger partial charge >= 0.3 is 5.97 Å². The third kappa shape index (κ3) is 3.12. The maximum atomic E-state index is 10.3. The predicted molar refractivity (Wildman–Crippen MR) is 60.7 cm³/mol. The van der Waals surface area contributed by atoms with Gasteiger partial charge in [0.25, 0.3) is 0 Å². The molecule has 1 aromatic carbocycles.